The molecule has 1 aliphatic heterocycles. The molecule has 2 aromatic carbocycles. The molecule has 6 heteroatoms. The van der Waals surface area contributed by atoms with Gasteiger partial charge in [0.25, 0.3) is 5.91 Å². The lowest BCUT2D eigenvalue weighted by Crippen LogP contribution is -2.32. The van der Waals surface area contributed by atoms with Gasteiger partial charge >= 0.3 is 0 Å². The van der Waals surface area contributed by atoms with Gasteiger partial charge in [-0.25, -0.2) is 8.42 Å². The Morgan fingerprint density at radius 2 is 1.64 bits per heavy atom. The van der Waals surface area contributed by atoms with E-state index in [4.69, 9.17) is 0 Å². The van der Waals surface area contributed by atoms with Crippen LogP contribution in [0, 0.1) is 6.92 Å². The SMILES string of the molecule is CCc1ccc(C(=O)Nc2ccc(C)c(S(=O)(=O)N3CCCCCC3)c2)cc1. The number of aryl methyl sites for hydroxylation is 2. The molecule has 0 radical (unpaired) electrons. The third-order valence-electron chi connectivity index (χ3n) is 5.25. The van der Waals surface area contributed by atoms with Crippen molar-refractivity contribution in [2.45, 2.75) is 50.8 Å². The van der Waals surface area contributed by atoms with Crippen LogP contribution in [0.2, 0.25) is 0 Å². The van der Waals surface area contributed by atoms with Crippen molar-refractivity contribution >= 4 is 21.6 Å². The molecular weight excluding hydrogens is 372 g/mol. The largest absolute Gasteiger partial charge is 0.322 e. The maximum atomic E-state index is 13.2. The third kappa shape index (κ3) is 4.62. The van der Waals surface area contributed by atoms with Gasteiger partial charge in [0.1, 0.15) is 0 Å². The quantitative estimate of drug-likeness (QED) is 0.810. The number of carbonyl (C=O) groups is 1. The minimum Gasteiger partial charge on any atom is -0.322 e. The van der Waals surface area contributed by atoms with E-state index in [-0.39, 0.29) is 10.8 Å². The Morgan fingerprint density at radius 1 is 1.00 bits per heavy atom. The fourth-order valence-electron chi connectivity index (χ4n) is 3.47. The van der Waals surface area contributed by atoms with E-state index in [9.17, 15) is 13.2 Å². The van der Waals surface area contributed by atoms with Crippen molar-refractivity contribution in [3.05, 3.63) is 59.2 Å². The van der Waals surface area contributed by atoms with Crippen LogP contribution in [0.5, 0.6) is 0 Å². The summed E-state index contributed by atoms with van der Waals surface area (Å²) in [5.41, 5.74) is 2.89. The number of rotatable bonds is 5. The molecule has 1 saturated heterocycles. The summed E-state index contributed by atoms with van der Waals surface area (Å²) in [4.78, 5) is 12.8. The van der Waals surface area contributed by atoms with Crippen molar-refractivity contribution in [2.24, 2.45) is 0 Å². The van der Waals surface area contributed by atoms with Gasteiger partial charge in [-0.3, -0.25) is 4.79 Å². The average Bonchev–Trinajstić information content (AvgIpc) is 2.99. The maximum Gasteiger partial charge on any atom is 0.255 e. The predicted molar refractivity (Wildman–Crippen MR) is 112 cm³/mol. The number of sulfonamides is 1. The van der Waals surface area contributed by atoms with Crippen LogP contribution < -0.4 is 5.32 Å². The Kier molecular flexibility index (Phi) is 6.52. The molecule has 0 aliphatic carbocycles. The number of benzene rings is 2. The molecule has 150 valence electrons. The average molecular weight is 401 g/mol. The summed E-state index contributed by atoms with van der Waals surface area (Å²) >= 11 is 0. The lowest BCUT2D eigenvalue weighted by Gasteiger charge is -2.21. The van der Waals surface area contributed by atoms with Crippen LogP contribution in [0.4, 0.5) is 5.69 Å². The van der Waals surface area contributed by atoms with Gasteiger partial charge in [0.05, 0.1) is 4.90 Å². The van der Waals surface area contributed by atoms with Crippen molar-refractivity contribution < 1.29 is 13.2 Å². The van der Waals surface area contributed by atoms with Gasteiger partial charge < -0.3 is 5.32 Å². The Hall–Kier alpha value is -2.18. The predicted octanol–water partition coefficient (Wildman–Crippen LogP) is 4.37. The molecule has 0 unspecified atom stereocenters. The summed E-state index contributed by atoms with van der Waals surface area (Å²) in [6, 6.07) is 12.5. The minimum absolute atomic E-state index is 0.246. The Morgan fingerprint density at radius 3 is 2.25 bits per heavy atom. The monoisotopic (exact) mass is 400 g/mol. The number of hydrogen-bond acceptors (Lipinski definition) is 3. The van der Waals surface area contributed by atoms with E-state index in [2.05, 4.69) is 12.2 Å². The molecule has 1 fully saturated rings. The molecule has 28 heavy (non-hydrogen) atoms. The van der Waals surface area contributed by atoms with Crippen LogP contribution >= 0.6 is 0 Å². The van der Waals surface area contributed by atoms with E-state index in [0.717, 1.165) is 37.7 Å². The minimum atomic E-state index is -3.57. The molecule has 1 N–H and O–H groups in total. The first kappa shape index (κ1) is 20.6. The van der Waals surface area contributed by atoms with Crippen LogP contribution in [0.3, 0.4) is 0 Å². The zero-order valence-corrected chi connectivity index (χ0v) is 17.4. The molecule has 5 nitrogen and oxygen atoms in total. The second-order valence-corrected chi connectivity index (χ2v) is 9.21. The summed E-state index contributed by atoms with van der Waals surface area (Å²) in [6.07, 6.45) is 4.83. The second kappa shape index (κ2) is 8.88. The van der Waals surface area contributed by atoms with Gasteiger partial charge in [0, 0.05) is 24.3 Å². The summed E-state index contributed by atoms with van der Waals surface area (Å²) in [5.74, 6) is -0.246. The zero-order valence-electron chi connectivity index (χ0n) is 16.6. The van der Waals surface area contributed by atoms with Crippen molar-refractivity contribution in [2.75, 3.05) is 18.4 Å². The van der Waals surface area contributed by atoms with E-state index in [1.54, 1.807) is 41.6 Å². The molecule has 0 spiro atoms. The fraction of sp³-hybridized carbons (Fsp3) is 0.409. The van der Waals surface area contributed by atoms with Gasteiger partial charge in [0.2, 0.25) is 10.0 Å². The third-order valence-corrected chi connectivity index (χ3v) is 7.29. The van der Waals surface area contributed by atoms with Gasteiger partial charge in [-0.05, 0) is 61.6 Å². The summed E-state index contributed by atoms with van der Waals surface area (Å²) in [7, 11) is -3.57. The van der Waals surface area contributed by atoms with Crippen molar-refractivity contribution in [3.8, 4) is 0 Å². The number of nitrogens with zero attached hydrogens (tertiary/aromatic N) is 1. The summed E-state index contributed by atoms with van der Waals surface area (Å²) < 4.78 is 27.9. The van der Waals surface area contributed by atoms with Crippen LogP contribution in [-0.2, 0) is 16.4 Å². The molecule has 0 saturated carbocycles. The van der Waals surface area contributed by atoms with Crippen LogP contribution in [-0.4, -0.2) is 31.7 Å². The van der Waals surface area contributed by atoms with Gasteiger partial charge in [0.15, 0.2) is 0 Å². The molecule has 1 heterocycles. The Balaban J connectivity index is 1.83. The number of hydrogen-bond donors (Lipinski definition) is 1. The van der Waals surface area contributed by atoms with Crippen LogP contribution in [0.1, 0.15) is 54.1 Å². The molecule has 1 amide bonds. The standard InChI is InChI=1S/C22H28N2O3S/c1-3-18-9-11-19(12-10-18)22(25)23-20-13-8-17(2)21(16-20)28(26,27)24-14-6-4-5-7-15-24/h8-13,16H,3-7,14-15H2,1-2H3,(H,23,25). The van der Waals surface area contributed by atoms with E-state index in [1.807, 2.05) is 12.1 Å². The lowest BCUT2D eigenvalue weighted by molar-refractivity contribution is 0.102. The van der Waals surface area contributed by atoms with Crippen LogP contribution in [0.15, 0.2) is 47.4 Å². The highest BCUT2D eigenvalue weighted by molar-refractivity contribution is 7.89. The van der Waals surface area contributed by atoms with E-state index in [1.165, 1.54) is 0 Å². The Labute approximate surface area is 167 Å². The summed E-state index contributed by atoms with van der Waals surface area (Å²) in [6.45, 7) is 4.97. The summed E-state index contributed by atoms with van der Waals surface area (Å²) in [5, 5.41) is 2.83. The first-order valence-corrected chi connectivity index (χ1v) is 11.4. The van der Waals surface area contributed by atoms with Gasteiger partial charge in [-0.2, -0.15) is 4.31 Å². The number of amides is 1. The highest BCUT2D eigenvalue weighted by Crippen LogP contribution is 2.26. The molecule has 2 aromatic rings. The number of anilines is 1. The lowest BCUT2D eigenvalue weighted by atomic mass is 10.1. The van der Waals surface area contributed by atoms with Crippen LogP contribution in [0.25, 0.3) is 0 Å². The number of nitrogens with one attached hydrogen (secondary N) is 1. The second-order valence-electron chi connectivity index (χ2n) is 7.30. The molecule has 0 atom stereocenters. The van der Waals surface area contributed by atoms with E-state index >= 15 is 0 Å². The fourth-order valence-corrected chi connectivity index (χ4v) is 5.24. The molecule has 0 bridgehead atoms. The molecular formula is C22H28N2O3S. The Bertz CT molecular complexity index is 929. The smallest absolute Gasteiger partial charge is 0.255 e. The maximum absolute atomic E-state index is 13.2. The zero-order chi connectivity index (χ0) is 20.1. The van der Waals surface area contributed by atoms with E-state index < -0.39 is 10.0 Å². The van der Waals surface area contributed by atoms with Crippen molar-refractivity contribution in [1.82, 2.24) is 4.31 Å². The molecule has 0 aromatic heterocycles. The first-order chi connectivity index (χ1) is 13.4. The van der Waals surface area contributed by atoms with E-state index in [0.29, 0.717) is 29.9 Å². The van der Waals surface area contributed by atoms with Gasteiger partial charge in [-0.1, -0.05) is 38.0 Å². The molecule has 3 rings (SSSR count). The molecule has 1 aliphatic rings. The normalized spacial score (nSPS) is 15.8. The van der Waals surface area contributed by atoms with Crippen molar-refractivity contribution in [3.63, 3.8) is 0 Å². The number of carbonyl (C=O) groups excluding carboxylic acids is 1. The first-order valence-electron chi connectivity index (χ1n) is 9.93. The highest BCUT2D eigenvalue weighted by atomic mass is 32.2. The topological polar surface area (TPSA) is 66.5 Å². The van der Waals surface area contributed by atoms with Gasteiger partial charge in [-0.15, -0.1) is 0 Å². The van der Waals surface area contributed by atoms with Crippen molar-refractivity contribution in [1.29, 1.82) is 0 Å². The highest BCUT2D eigenvalue weighted by Gasteiger charge is 2.27.